The van der Waals surface area contributed by atoms with Gasteiger partial charge in [0.15, 0.2) is 0 Å². The van der Waals surface area contributed by atoms with E-state index in [2.05, 4.69) is 0 Å². The topological polar surface area (TPSA) is 184 Å². The molecule has 9 heteroatoms. The van der Waals surface area contributed by atoms with Crippen LogP contribution in [0.5, 0.6) is 0 Å². The van der Waals surface area contributed by atoms with Crippen LogP contribution in [0.2, 0.25) is 0 Å². The van der Waals surface area contributed by atoms with E-state index in [4.69, 9.17) is 20.4 Å². The summed E-state index contributed by atoms with van der Waals surface area (Å²) in [7, 11) is 0. The first-order chi connectivity index (χ1) is 7.25. The molecule has 0 radical (unpaired) electrons. The second-order valence-corrected chi connectivity index (χ2v) is 2.02. The fourth-order valence-corrected chi connectivity index (χ4v) is 0.285. The highest BCUT2D eigenvalue weighted by molar-refractivity contribution is 5.90. The molecule has 0 aliphatic heterocycles. The van der Waals surface area contributed by atoms with Crippen LogP contribution in [-0.4, -0.2) is 44.3 Å². The Bertz CT molecular complexity index is 277. The van der Waals surface area contributed by atoms with Crippen LogP contribution in [0.25, 0.3) is 0 Å². The zero-order valence-corrected chi connectivity index (χ0v) is 8.44. The largest absolute Gasteiger partial charge is 0.478 e. The average molecular weight is 249 g/mol. The molecule has 0 unspecified atom stereocenters. The lowest BCUT2D eigenvalue weighted by molar-refractivity contribution is -0.134. The molecule has 96 valence electrons. The molecule has 0 aromatic rings. The maximum atomic E-state index is 9.55. The van der Waals surface area contributed by atoms with Gasteiger partial charge in [-0.2, -0.15) is 0 Å². The van der Waals surface area contributed by atoms with Crippen molar-refractivity contribution in [3.8, 4) is 0 Å². The summed E-state index contributed by atoms with van der Waals surface area (Å²) < 4.78 is 0. The Kier molecular flexibility index (Phi) is 13.3. The van der Waals surface area contributed by atoms with E-state index in [0.717, 1.165) is 0 Å². The molecule has 0 spiro atoms. The quantitative estimate of drug-likeness (QED) is 0.412. The van der Waals surface area contributed by atoms with Crippen LogP contribution < -0.4 is 6.15 Å². The number of aliphatic carboxylic acids is 4. The van der Waals surface area contributed by atoms with Crippen molar-refractivity contribution in [2.45, 2.75) is 0 Å². The Morgan fingerprint density at radius 2 is 0.647 bits per heavy atom. The van der Waals surface area contributed by atoms with Crippen LogP contribution in [-0.2, 0) is 19.2 Å². The summed E-state index contributed by atoms with van der Waals surface area (Å²) >= 11 is 0. The molecule has 0 aliphatic rings. The second kappa shape index (κ2) is 11.4. The fourth-order valence-electron chi connectivity index (χ4n) is 0.285. The number of hydrogen-bond donors (Lipinski definition) is 5. The maximum absolute atomic E-state index is 9.55. The summed E-state index contributed by atoms with van der Waals surface area (Å²) in [6.45, 7) is 0. The second-order valence-electron chi connectivity index (χ2n) is 2.02. The van der Waals surface area contributed by atoms with Crippen molar-refractivity contribution in [3.05, 3.63) is 24.3 Å². The minimum Gasteiger partial charge on any atom is -0.478 e. The van der Waals surface area contributed by atoms with Crippen molar-refractivity contribution in [1.29, 1.82) is 0 Å². The van der Waals surface area contributed by atoms with E-state index < -0.39 is 23.9 Å². The zero-order chi connectivity index (χ0) is 13.1. The van der Waals surface area contributed by atoms with Gasteiger partial charge in [0.25, 0.3) is 0 Å². The predicted molar refractivity (Wildman–Crippen MR) is 53.8 cm³/mol. The molecule has 0 amide bonds. The van der Waals surface area contributed by atoms with Crippen LogP contribution in [0, 0.1) is 0 Å². The number of carboxylic acids is 4. The Hall–Kier alpha value is -2.68. The van der Waals surface area contributed by atoms with E-state index >= 15 is 0 Å². The summed E-state index contributed by atoms with van der Waals surface area (Å²) in [5.41, 5.74) is 0. The van der Waals surface area contributed by atoms with E-state index in [-0.39, 0.29) is 6.15 Å². The monoisotopic (exact) mass is 249 g/mol. The third-order valence-electron chi connectivity index (χ3n) is 0.737. The molecule has 0 heterocycles. The van der Waals surface area contributed by atoms with E-state index in [1.54, 1.807) is 0 Å². The number of hydrogen-bond acceptors (Lipinski definition) is 5. The minimum absolute atomic E-state index is 0. The zero-order valence-electron chi connectivity index (χ0n) is 8.44. The predicted octanol–water partition coefficient (Wildman–Crippen LogP) is -0.414. The number of carboxylic acid groups (broad SMARTS) is 4. The molecule has 0 aromatic heterocycles. The van der Waals surface area contributed by atoms with Crippen LogP contribution >= 0.6 is 0 Å². The first kappa shape index (κ1) is 19.8. The van der Waals surface area contributed by atoms with Gasteiger partial charge in [-0.1, -0.05) is 0 Å². The van der Waals surface area contributed by atoms with Crippen LogP contribution in [0.15, 0.2) is 24.3 Å². The minimum atomic E-state index is -1.26. The molecule has 0 fully saturated rings. The third kappa shape index (κ3) is 31.9. The van der Waals surface area contributed by atoms with Crippen molar-refractivity contribution in [2.75, 3.05) is 0 Å². The lowest BCUT2D eigenvalue weighted by atomic mass is 10.5. The lowest BCUT2D eigenvalue weighted by Crippen LogP contribution is -1.91. The molecule has 0 rings (SSSR count). The van der Waals surface area contributed by atoms with Gasteiger partial charge in [0.05, 0.1) is 0 Å². The van der Waals surface area contributed by atoms with Crippen LogP contribution in [0.1, 0.15) is 0 Å². The van der Waals surface area contributed by atoms with Crippen LogP contribution in [0.3, 0.4) is 0 Å². The van der Waals surface area contributed by atoms with Crippen molar-refractivity contribution < 1.29 is 39.6 Å². The average Bonchev–Trinajstić information content (AvgIpc) is 2.12. The molecule has 7 N–H and O–H groups in total. The summed E-state index contributed by atoms with van der Waals surface area (Å²) in [6.07, 6.45) is 2.23. The number of rotatable bonds is 4. The Balaban J connectivity index is -0.000000218. The normalized spacial score (nSPS) is 8.94. The van der Waals surface area contributed by atoms with Gasteiger partial charge in [-0.15, -0.1) is 0 Å². The van der Waals surface area contributed by atoms with Crippen LogP contribution in [0.4, 0.5) is 0 Å². The van der Waals surface area contributed by atoms with Gasteiger partial charge in [-0.25, -0.2) is 19.2 Å². The third-order valence-corrected chi connectivity index (χ3v) is 0.737. The van der Waals surface area contributed by atoms with Gasteiger partial charge in [0.1, 0.15) is 0 Å². The van der Waals surface area contributed by atoms with E-state index in [9.17, 15) is 19.2 Å². The lowest BCUT2D eigenvalue weighted by Gasteiger charge is -1.74. The van der Waals surface area contributed by atoms with Gasteiger partial charge in [-0.05, 0) is 0 Å². The van der Waals surface area contributed by atoms with E-state index in [1.165, 1.54) is 0 Å². The Labute approximate surface area is 94.9 Å². The smallest absolute Gasteiger partial charge is 0.328 e. The first-order valence-electron chi connectivity index (χ1n) is 3.53. The Morgan fingerprint density at radius 3 is 0.706 bits per heavy atom. The molecular formula is C8H11NO8. The highest BCUT2D eigenvalue weighted by Gasteiger charge is 1.88. The highest BCUT2D eigenvalue weighted by Crippen LogP contribution is 1.71. The molecule has 0 saturated heterocycles. The van der Waals surface area contributed by atoms with Crippen molar-refractivity contribution in [3.63, 3.8) is 0 Å². The molecular weight excluding hydrogens is 238 g/mol. The molecule has 0 aliphatic carbocycles. The van der Waals surface area contributed by atoms with Gasteiger partial charge in [0, 0.05) is 24.3 Å². The Morgan fingerprint density at radius 1 is 0.529 bits per heavy atom. The van der Waals surface area contributed by atoms with Gasteiger partial charge >= 0.3 is 23.9 Å². The molecule has 9 nitrogen and oxygen atoms in total. The van der Waals surface area contributed by atoms with Crippen molar-refractivity contribution in [2.24, 2.45) is 0 Å². The van der Waals surface area contributed by atoms with E-state index in [1.807, 2.05) is 0 Å². The SMILES string of the molecule is N.O=C(O)/C=C/C(=O)O.O=C(O)/C=C/C(=O)O. The summed E-state index contributed by atoms with van der Waals surface area (Å²) in [5.74, 6) is -5.03. The van der Waals surface area contributed by atoms with E-state index in [0.29, 0.717) is 24.3 Å². The maximum Gasteiger partial charge on any atom is 0.328 e. The standard InChI is InChI=1S/2C4H4O4.H3N/c2*5-3(6)1-2-4(7)8;/h2*1-2H,(H,5,6)(H,7,8);1H3/b2*2-1+;. The number of carbonyl (C=O) groups is 4. The summed E-state index contributed by atoms with van der Waals surface area (Å²) in [4.78, 5) is 38.2. The van der Waals surface area contributed by atoms with Gasteiger partial charge < -0.3 is 26.6 Å². The fraction of sp³-hybridized carbons (Fsp3) is 0. The van der Waals surface area contributed by atoms with Crippen molar-refractivity contribution >= 4 is 23.9 Å². The summed E-state index contributed by atoms with van der Waals surface area (Å²) in [6, 6.07) is 0. The van der Waals surface area contributed by atoms with Gasteiger partial charge in [0.2, 0.25) is 0 Å². The molecule has 0 aromatic carbocycles. The highest BCUT2D eigenvalue weighted by atomic mass is 16.4. The molecule has 0 bridgehead atoms. The molecule has 0 saturated carbocycles. The molecule has 17 heavy (non-hydrogen) atoms. The van der Waals surface area contributed by atoms with Gasteiger partial charge in [-0.3, -0.25) is 0 Å². The van der Waals surface area contributed by atoms with Crippen molar-refractivity contribution in [1.82, 2.24) is 6.15 Å². The summed E-state index contributed by atoms with van der Waals surface area (Å²) in [5, 5.41) is 31.2. The molecule has 0 atom stereocenters. The first-order valence-corrected chi connectivity index (χ1v) is 3.53.